The van der Waals surface area contributed by atoms with Crippen LogP contribution in [0.2, 0.25) is 0 Å². The number of ether oxygens (including phenoxy) is 1. The van der Waals surface area contributed by atoms with E-state index >= 15 is 0 Å². The molecule has 0 spiro atoms. The molecule has 14 heteroatoms. The molecule has 10 nitrogen and oxygen atoms in total. The lowest BCUT2D eigenvalue weighted by Gasteiger charge is -2.33. The number of hydrogen-bond donors (Lipinski definition) is 1. The zero-order valence-electron chi connectivity index (χ0n) is 21.7. The van der Waals surface area contributed by atoms with Gasteiger partial charge in [-0.1, -0.05) is 38.4 Å². The van der Waals surface area contributed by atoms with E-state index in [-0.39, 0.29) is 34.3 Å². The molecule has 1 saturated heterocycles. The number of halogens is 2. The maximum Gasteiger partial charge on any atom is 0.240 e. The van der Waals surface area contributed by atoms with Crippen molar-refractivity contribution >= 4 is 60.2 Å². The van der Waals surface area contributed by atoms with Crippen LogP contribution >= 0.6 is 11.6 Å². The van der Waals surface area contributed by atoms with Crippen molar-refractivity contribution in [1.82, 2.24) is 4.90 Å². The number of methoxy groups -OCH3 is 1. The predicted molar refractivity (Wildman–Crippen MR) is 144 cm³/mol. The number of nitrogens with zero attached hydrogens (tertiary/aromatic N) is 2. The highest BCUT2D eigenvalue weighted by atomic mass is 35.5. The maximum absolute atomic E-state index is 14.0. The van der Waals surface area contributed by atoms with Crippen molar-refractivity contribution in [2.24, 2.45) is 16.3 Å². The number of Topliss-reactive ketones (excluding diaryl/α,β-unsaturated/α-hetero) is 1. The van der Waals surface area contributed by atoms with E-state index in [9.17, 15) is 30.8 Å². The number of hydrogen-bond acceptors (Lipinski definition) is 8. The van der Waals surface area contributed by atoms with E-state index in [1.807, 2.05) is 0 Å². The zero-order chi connectivity index (χ0) is 29.1. The fraction of sp³-hybridized carbons (Fsp3) is 0.400. The van der Waals surface area contributed by atoms with Gasteiger partial charge in [0.15, 0.2) is 22.1 Å². The summed E-state index contributed by atoms with van der Waals surface area (Å²) in [5.41, 5.74) is -0.650. The van der Waals surface area contributed by atoms with Crippen LogP contribution in [0.5, 0.6) is 5.75 Å². The van der Waals surface area contributed by atoms with Gasteiger partial charge >= 0.3 is 0 Å². The van der Waals surface area contributed by atoms with Crippen LogP contribution in [-0.2, 0) is 36.0 Å². The van der Waals surface area contributed by atoms with E-state index in [0.717, 1.165) is 12.3 Å². The molecule has 1 N–H and O–H groups in total. The number of amides is 1. The number of anilines is 1. The molecular formula is C25H27ClFN3O7S2. The van der Waals surface area contributed by atoms with Crippen LogP contribution in [0.4, 0.5) is 15.8 Å². The minimum absolute atomic E-state index is 0.0101. The Morgan fingerprint density at radius 3 is 2.41 bits per heavy atom. The molecule has 2 aliphatic heterocycles. The van der Waals surface area contributed by atoms with Crippen LogP contribution in [0.1, 0.15) is 26.3 Å². The summed E-state index contributed by atoms with van der Waals surface area (Å²) >= 11 is 6.39. The quantitative estimate of drug-likeness (QED) is 0.397. The van der Waals surface area contributed by atoms with Gasteiger partial charge < -0.3 is 9.64 Å². The van der Waals surface area contributed by atoms with Gasteiger partial charge in [0.2, 0.25) is 25.8 Å². The van der Waals surface area contributed by atoms with Crippen LogP contribution in [0, 0.1) is 17.2 Å². The number of aliphatic imine (C=N–C) groups is 1. The summed E-state index contributed by atoms with van der Waals surface area (Å²) < 4.78 is 69.3. The third-order valence-electron chi connectivity index (χ3n) is 6.40. The lowest BCUT2D eigenvalue weighted by molar-refractivity contribution is -0.132. The van der Waals surface area contributed by atoms with Gasteiger partial charge in [0, 0.05) is 12.2 Å². The first kappa shape index (κ1) is 29.0. The van der Waals surface area contributed by atoms with Crippen LogP contribution in [0.3, 0.4) is 0 Å². The molecule has 0 bridgehead atoms. The van der Waals surface area contributed by atoms with Crippen molar-refractivity contribution in [1.29, 1.82) is 0 Å². The standard InChI is InChI=1S/C25H27ClFN3O7S2/c1-25(2,3)22-21(31)19(24(32)30(22)12-13-6-8-15(27)17(10-13)37-4)20-23(26)39(35,36)18-11-14(29-38(5,33)34)7-9-16(18)28-20/h6-11,19,22-23,29H,12H2,1-5H3/t19?,22-,23?/m1/s1. The van der Waals surface area contributed by atoms with E-state index < -0.39 is 59.5 Å². The second-order valence-electron chi connectivity index (χ2n) is 10.5. The molecule has 1 fully saturated rings. The van der Waals surface area contributed by atoms with Crippen LogP contribution in [0.25, 0.3) is 0 Å². The van der Waals surface area contributed by atoms with Gasteiger partial charge in [0.1, 0.15) is 5.92 Å². The average Bonchev–Trinajstić information content (AvgIpc) is 3.06. The van der Waals surface area contributed by atoms with Gasteiger partial charge in [-0.15, -0.1) is 0 Å². The number of ketones is 1. The first-order valence-electron chi connectivity index (χ1n) is 11.7. The molecule has 0 saturated carbocycles. The number of rotatable bonds is 6. The third kappa shape index (κ3) is 5.39. The summed E-state index contributed by atoms with van der Waals surface area (Å²) in [7, 11) is -6.74. The van der Waals surface area contributed by atoms with Gasteiger partial charge in [-0.05, 0) is 41.3 Å². The zero-order valence-corrected chi connectivity index (χ0v) is 24.1. The van der Waals surface area contributed by atoms with Gasteiger partial charge in [0.25, 0.3) is 0 Å². The Kier molecular flexibility index (Phi) is 7.32. The van der Waals surface area contributed by atoms with E-state index in [2.05, 4.69) is 9.71 Å². The van der Waals surface area contributed by atoms with Crippen LogP contribution in [0.15, 0.2) is 46.3 Å². The highest BCUT2D eigenvalue weighted by Crippen LogP contribution is 2.42. The first-order chi connectivity index (χ1) is 18.0. The Balaban J connectivity index is 1.79. The molecular weight excluding hydrogens is 573 g/mol. The highest BCUT2D eigenvalue weighted by molar-refractivity contribution is 7.94. The molecule has 2 aromatic carbocycles. The second-order valence-corrected chi connectivity index (χ2v) is 14.9. The van der Waals surface area contributed by atoms with Crippen molar-refractivity contribution in [3.63, 3.8) is 0 Å². The van der Waals surface area contributed by atoms with Crippen molar-refractivity contribution < 1.29 is 35.6 Å². The minimum Gasteiger partial charge on any atom is -0.494 e. The van der Waals surface area contributed by atoms with Crippen LogP contribution < -0.4 is 9.46 Å². The summed E-state index contributed by atoms with van der Waals surface area (Å²) in [6.07, 6.45) is 0.915. The number of nitrogens with one attached hydrogen (secondary N) is 1. The van der Waals surface area contributed by atoms with Crippen molar-refractivity contribution in [2.45, 2.75) is 43.0 Å². The van der Waals surface area contributed by atoms with E-state index in [1.165, 1.54) is 42.3 Å². The number of alkyl halides is 1. The molecule has 210 valence electrons. The van der Waals surface area contributed by atoms with Crippen molar-refractivity contribution in [2.75, 3.05) is 18.1 Å². The number of likely N-dealkylation sites (tertiary alicyclic amines) is 1. The summed E-state index contributed by atoms with van der Waals surface area (Å²) in [5, 5.41) is 0. The van der Waals surface area contributed by atoms with Crippen molar-refractivity contribution in [3.05, 3.63) is 47.8 Å². The smallest absolute Gasteiger partial charge is 0.240 e. The Morgan fingerprint density at radius 1 is 1.15 bits per heavy atom. The van der Waals surface area contributed by atoms with Crippen LogP contribution in [-0.4, -0.2) is 63.3 Å². The molecule has 2 unspecified atom stereocenters. The predicted octanol–water partition coefficient (Wildman–Crippen LogP) is 3.27. The van der Waals surface area contributed by atoms with E-state index in [4.69, 9.17) is 16.3 Å². The number of carbonyl (C=O) groups is 2. The Bertz CT molecular complexity index is 1620. The molecule has 0 aliphatic carbocycles. The molecule has 1 amide bonds. The number of benzene rings is 2. The topological polar surface area (TPSA) is 139 Å². The summed E-state index contributed by atoms with van der Waals surface area (Å²) in [6, 6.07) is 6.80. The maximum atomic E-state index is 14.0. The number of sulfonamides is 1. The monoisotopic (exact) mass is 599 g/mol. The van der Waals surface area contributed by atoms with Crippen molar-refractivity contribution in [3.8, 4) is 5.75 Å². The fourth-order valence-electron chi connectivity index (χ4n) is 4.83. The van der Waals surface area contributed by atoms with E-state index in [1.54, 1.807) is 20.8 Å². The number of sulfone groups is 1. The van der Waals surface area contributed by atoms with Gasteiger partial charge in [-0.2, -0.15) is 0 Å². The van der Waals surface area contributed by atoms with Gasteiger partial charge in [-0.25, -0.2) is 21.2 Å². The van der Waals surface area contributed by atoms with E-state index in [0.29, 0.717) is 5.56 Å². The largest absolute Gasteiger partial charge is 0.494 e. The number of fused-ring (bicyclic) bond motifs is 1. The minimum atomic E-state index is -4.36. The second kappa shape index (κ2) is 9.86. The molecule has 3 atom stereocenters. The first-order valence-corrected chi connectivity index (χ1v) is 15.6. The SMILES string of the molecule is COc1cc(CN2C(=O)C(C3=Nc4ccc(NS(C)(=O)=O)cc4S(=O)(=O)C3Cl)C(=O)[C@@H]2C(C)(C)C)ccc1F. The summed E-state index contributed by atoms with van der Waals surface area (Å²) in [5.74, 6) is -3.41. The average molecular weight is 600 g/mol. The Morgan fingerprint density at radius 2 is 1.82 bits per heavy atom. The lowest BCUT2D eigenvalue weighted by Crippen LogP contribution is -2.44. The molecule has 0 radical (unpaired) electrons. The molecule has 2 aromatic rings. The third-order valence-corrected chi connectivity index (χ3v) is 9.66. The lowest BCUT2D eigenvalue weighted by atomic mass is 9.82. The van der Waals surface area contributed by atoms with Gasteiger partial charge in [-0.3, -0.25) is 19.3 Å². The Labute approximate surface area is 231 Å². The number of carbonyl (C=O) groups excluding carboxylic acids is 2. The molecule has 2 aliphatic rings. The summed E-state index contributed by atoms with van der Waals surface area (Å²) in [6.45, 7) is 5.25. The molecule has 39 heavy (non-hydrogen) atoms. The Hall–Kier alpha value is -3.03. The normalized spacial score (nSPS) is 22.9. The fourth-order valence-corrected chi connectivity index (χ4v) is 7.27. The van der Waals surface area contributed by atoms with Gasteiger partial charge in [0.05, 0.1) is 35.7 Å². The summed E-state index contributed by atoms with van der Waals surface area (Å²) in [4.78, 5) is 32.9. The molecule has 0 aromatic heterocycles. The molecule has 2 heterocycles. The molecule has 4 rings (SSSR count). The highest BCUT2D eigenvalue weighted by Gasteiger charge is 2.56.